The number of hydrogen-bond donors (Lipinski definition) is 1. The number of carbonyl (C=O) groups is 1. The van der Waals surface area contributed by atoms with Crippen molar-refractivity contribution in [2.75, 3.05) is 5.43 Å². The van der Waals surface area contributed by atoms with Crippen molar-refractivity contribution in [3.63, 3.8) is 0 Å². The molecule has 0 unspecified atom stereocenters. The number of benzene rings is 2. The summed E-state index contributed by atoms with van der Waals surface area (Å²) in [6, 6.07) is 11.4. The molecular formula is C19H13ClFN5O2. The molecule has 0 spiro atoms. The molecule has 1 N–H and O–H groups in total. The van der Waals surface area contributed by atoms with E-state index in [4.69, 9.17) is 11.6 Å². The van der Waals surface area contributed by atoms with E-state index in [2.05, 4.69) is 15.5 Å². The minimum absolute atomic E-state index is 0.0632. The number of carbonyl (C=O) groups excluding carboxylic acids is 1. The third-order valence-electron chi connectivity index (χ3n) is 4.18. The molecule has 2 aromatic heterocycles. The topological polar surface area (TPSA) is 81.8 Å². The predicted molar refractivity (Wildman–Crippen MR) is 103 cm³/mol. The van der Waals surface area contributed by atoms with Crippen LogP contribution in [0.5, 0.6) is 0 Å². The van der Waals surface area contributed by atoms with Gasteiger partial charge in [-0.15, -0.1) is 0 Å². The lowest BCUT2D eigenvalue weighted by Crippen LogP contribution is -2.33. The number of nitrogens with one attached hydrogen (secondary N) is 1. The Labute approximate surface area is 163 Å². The van der Waals surface area contributed by atoms with Crippen molar-refractivity contribution in [1.29, 1.82) is 0 Å². The van der Waals surface area contributed by atoms with Gasteiger partial charge in [0.1, 0.15) is 17.5 Å². The normalized spacial score (nSPS) is 11.0. The van der Waals surface area contributed by atoms with E-state index in [9.17, 15) is 14.0 Å². The summed E-state index contributed by atoms with van der Waals surface area (Å²) in [6.45, 7) is 1.96. The van der Waals surface area contributed by atoms with Gasteiger partial charge < -0.3 is 0 Å². The number of rotatable bonds is 3. The van der Waals surface area contributed by atoms with Gasteiger partial charge in [0.25, 0.3) is 11.5 Å². The third kappa shape index (κ3) is 3.03. The van der Waals surface area contributed by atoms with E-state index in [0.29, 0.717) is 5.65 Å². The summed E-state index contributed by atoms with van der Waals surface area (Å²) in [7, 11) is 0. The lowest BCUT2D eigenvalue weighted by atomic mass is 10.2. The number of aryl methyl sites for hydroxylation is 1. The molecule has 0 aliphatic heterocycles. The van der Waals surface area contributed by atoms with Crippen LogP contribution in [0.25, 0.3) is 16.7 Å². The second-order valence-electron chi connectivity index (χ2n) is 6.09. The van der Waals surface area contributed by atoms with Gasteiger partial charge in [0.05, 0.1) is 22.5 Å². The lowest BCUT2D eigenvalue weighted by Gasteiger charge is -2.09. The van der Waals surface area contributed by atoms with E-state index >= 15 is 0 Å². The second-order valence-corrected chi connectivity index (χ2v) is 6.49. The summed E-state index contributed by atoms with van der Waals surface area (Å²) in [4.78, 5) is 29.3. The van der Waals surface area contributed by atoms with Crippen LogP contribution in [0.15, 0.2) is 59.8 Å². The van der Waals surface area contributed by atoms with E-state index in [-0.39, 0.29) is 16.0 Å². The highest BCUT2D eigenvalue weighted by molar-refractivity contribution is 6.34. The molecule has 28 heavy (non-hydrogen) atoms. The van der Waals surface area contributed by atoms with Crippen LogP contribution in [0.2, 0.25) is 5.02 Å². The first kappa shape index (κ1) is 17.9. The van der Waals surface area contributed by atoms with Crippen LogP contribution in [0.3, 0.4) is 0 Å². The van der Waals surface area contributed by atoms with E-state index in [0.717, 1.165) is 28.3 Å². The second kappa shape index (κ2) is 6.90. The maximum Gasteiger partial charge on any atom is 0.283 e. The van der Waals surface area contributed by atoms with Crippen LogP contribution in [0.1, 0.15) is 15.9 Å². The Hall–Kier alpha value is -3.52. The number of halogens is 2. The van der Waals surface area contributed by atoms with Gasteiger partial charge in [-0.3, -0.25) is 15.0 Å². The monoisotopic (exact) mass is 397 g/mol. The lowest BCUT2D eigenvalue weighted by molar-refractivity contribution is 0.100. The van der Waals surface area contributed by atoms with Crippen LogP contribution >= 0.6 is 11.6 Å². The summed E-state index contributed by atoms with van der Waals surface area (Å²) >= 11 is 5.89. The molecule has 9 heteroatoms. The van der Waals surface area contributed by atoms with Crippen molar-refractivity contribution < 1.29 is 9.18 Å². The minimum atomic E-state index is -0.864. The molecule has 2 heterocycles. The molecule has 0 bridgehead atoms. The third-order valence-corrected chi connectivity index (χ3v) is 4.49. The van der Waals surface area contributed by atoms with E-state index in [1.807, 2.05) is 31.2 Å². The first-order chi connectivity index (χ1) is 13.5. The zero-order valence-electron chi connectivity index (χ0n) is 14.6. The summed E-state index contributed by atoms with van der Waals surface area (Å²) in [5.41, 5.74) is 3.56. The smallest absolute Gasteiger partial charge is 0.267 e. The van der Waals surface area contributed by atoms with Gasteiger partial charge >= 0.3 is 0 Å². The summed E-state index contributed by atoms with van der Waals surface area (Å²) in [6.07, 6.45) is 2.51. The van der Waals surface area contributed by atoms with E-state index in [1.54, 1.807) is 0 Å². The summed E-state index contributed by atoms with van der Waals surface area (Å²) in [5.74, 6) is -1.66. The Morgan fingerprint density at radius 2 is 1.93 bits per heavy atom. The Bertz CT molecular complexity index is 1240. The molecule has 0 fully saturated rings. The highest BCUT2D eigenvalue weighted by Crippen LogP contribution is 2.19. The molecule has 0 aliphatic rings. The van der Waals surface area contributed by atoms with Crippen LogP contribution in [-0.4, -0.2) is 25.3 Å². The Kier molecular flexibility index (Phi) is 4.40. The maximum absolute atomic E-state index is 13.9. The molecule has 2 aromatic carbocycles. The molecule has 0 saturated carbocycles. The number of fused-ring (bicyclic) bond motifs is 1. The predicted octanol–water partition coefficient (Wildman–Crippen LogP) is 3.07. The molecule has 0 atom stereocenters. The zero-order chi connectivity index (χ0) is 19.8. The average Bonchev–Trinajstić information content (AvgIpc) is 3.09. The van der Waals surface area contributed by atoms with Crippen LogP contribution in [0, 0.1) is 12.7 Å². The van der Waals surface area contributed by atoms with Gasteiger partial charge in [-0.25, -0.2) is 18.7 Å². The van der Waals surface area contributed by atoms with E-state index < -0.39 is 17.3 Å². The highest BCUT2D eigenvalue weighted by Gasteiger charge is 2.18. The summed E-state index contributed by atoms with van der Waals surface area (Å²) in [5, 5.41) is 4.34. The van der Waals surface area contributed by atoms with Crippen molar-refractivity contribution in [1.82, 2.24) is 19.4 Å². The van der Waals surface area contributed by atoms with Gasteiger partial charge in [-0.05, 0) is 31.2 Å². The Balaban J connectivity index is 1.72. The van der Waals surface area contributed by atoms with Crippen molar-refractivity contribution in [3.05, 3.63) is 87.3 Å². The maximum atomic E-state index is 13.9. The standard InChI is InChI=1S/C19H13ClFN5O2/c1-11-5-7-12(8-6-11)26-17-13(9-23-26)19(28)25(10-22-17)24-18(27)16-14(20)3-2-4-15(16)21/h2-10H,1H3,(H,24,27). The zero-order valence-corrected chi connectivity index (χ0v) is 15.3. The minimum Gasteiger partial charge on any atom is -0.267 e. The van der Waals surface area contributed by atoms with E-state index in [1.165, 1.54) is 23.0 Å². The molecule has 0 saturated heterocycles. The largest absolute Gasteiger partial charge is 0.283 e. The van der Waals surface area contributed by atoms with Crippen LogP contribution in [0.4, 0.5) is 4.39 Å². The molecular weight excluding hydrogens is 385 g/mol. The highest BCUT2D eigenvalue weighted by atomic mass is 35.5. The molecule has 0 radical (unpaired) electrons. The average molecular weight is 398 g/mol. The summed E-state index contributed by atoms with van der Waals surface area (Å²) < 4.78 is 16.3. The van der Waals surface area contributed by atoms with Crippen LogP contribution < -0.4 is 11.0 Å². The molecule has 0 aliphatic carbocycles. The first-order valence-corrected chi connectivity index (χ1v) is 8.61. The van der Waals surface area contributed by atoms with Crippen molar-refractivity contribution >= 4 is 28.5 Å². The number of nitrogens with zero attached hydrogens (tertiary/aromatic N) is 4. The van der Waals surface area contributed by atoms with Crippen molar-refractivity contribution in [2.24, 2.45) is 0 Å². The van der Waals surface area contributed by atoms with Gasteiger partial charge in [0, 0.05) is 0 Å². The number of amides is 1. The quantitative estimate of drug-likeness (QED) is 0.576. The van der Waals surface area contributed by atoms with Gasteiger partial charge in [-0.1, -0.05) is 35.4 Å². The number of aromatic nitrogens is 4. The molecule has 1 amide bonds. The van der Waals surface area contributed by atoms with Crippen molar-refractivity contribution in [3.8, 4) is 5.69 Å². The van der Waals surface area contributed by atoms with Crippen LogP contribution in [-0.2, 0) is 0 Å². The molecule has 7 nitrogen and oxygen atoms in total. The Morgan fingerprint density at radius 3 is 2.64 bits per heavy atom. The van der Waals surface area contributed by atoms with Gasteiger partial charge in [-0.2, -0.15) is 5.10 Å². The first-order valence-electron chi connectivity index (χ1n) is 8.23. The molecule has 140 valence electrons. The van der Waals surface area contributed by atoms with Gasteiger partial charge in [0.15, 0.2) is 5.65 Å². The fraction of sp³-hybridized carbons (Fsp3) is 0.0526. The Morgan fingerprint density at radius 1 is 1.18 bits per heavy atom. The molecule has 4 rings (SSSR count). The SMILES string of the molecule is Cc1ccc(-n2ncc3c(=O)n(NC(=O)c4c(F)cccc4Cl)cnc32)cc1. The molecule has 4 aromatic rings. The fourth-order valence-corrected chi connectivity index (χ4v) is 3.00. The number of hydrogen-bond acceptors (Lipinski definition) is 4. The van der Waals surface area contributed by atoms with Crippen molar-refractivity contribution in [2.45, 2.75) is 6.92 Å². The van der Waals surface area contributed by atoms with Gasteiger partial charge in [0.2, 0.25) is 0 Å². The fourth-order valence-electron chi connectivity index (χ4n) is 2.75.